The van der Waals surface area contributed by atoms with Crippen molar-refractivity contribution < 1.29 is 9.90 Å². The fraction of sp³-hybridized carbons (Fsp3) is 0.167. The Kier molecular flexibility index (Phi) is 2.82. The van der Waals surface area contributed by atoms with Crippen molar-refractivity contribution in [3.63, 3.8) is 0 Å². The lowest BCUT2D eigenvalue weighted by molar-refractivity contribution is 0.0901. The predicted octanol–water partition coefficient (Wildman–Crippen LogP) is 1.36. The van der Waals surface area contributed by atoms with Gasteiger partial charge in [0, 0.05) is 6.07 Å². The summed E-state index contributed by atoms with van der Waals surface area (Å²) < 4.78 is 1.20. The number of benzene rings is 1. The van der Waals surface area contributed by atoms with Gasteiger partial charge in [0.1, 0.15) is 11.6 Å². The molecule has 2 aromatic rings. The van der Waals surface area contributed by atoms with Crippen molar-refractivity contribution >= 4 is 11.7 Å². The lowest BCUT2D eigenvalue weighted by Gasteiger charge is -2.03. The second-order valence-electron chi connectivity index (χ2n) is 3.86. The zero-order valence-electron chi connectivity index (χ0n) is 9.42. The molecule has 5 nitrogen and oxygen atoms in total. The number of rotatable bonds is 2. The summed E-state index contributed by atoms with van der Waals surface area (Å²) in [6.07, 6.45) is 0.200. The summed E-state index contributed by atoms with van der Waals surface area (Å²) >= 11 is 0. The number of carbonyl (C=O) groups is 1. The summed E-state index contributed by atoms with van der Waals surface area (Å²) in [7, 11) is 0. The maximum atomic E-state index is 11.9. The number of carbonyl (C=O) groups excluding carboxylic acids is 1. The normalized spacial score (nSPS) is 10.4. The molecule has 0 unspecified atom stereocenters. The monoisotopic (exact) mass is 231 g/mol. The number of phenolic OH excluding ortho intramolecular Hbond substituents is 1. The van der Waals surface area contributed by atoms with Crippen LogP contribution in [0.5, 0.6) is 5.75 Å². The SMILES string of the molecule is Cc1cc(N)n(C(=O)Cc2ccc(O)cc2)n1. The Hall–Kier alpha value is -2.30. The van der Waals surface area contributed by atoms with E-state index in [1.165, 1.54) is 4.68 Å². The summed E-state index contributed by atoms with van der Waals surface area (Å²) in [6, 6.07) is 8.12. The summed E-state index contributed by atoms with van der Waals surface area (Å²) in [6.45, 7) is 1.78. The second-order valence-corrected chi connectivity index (χ2v) is 3.86. The van der Waals surface area contributed by atoms with Gasteiger partial charge in [0.05, 0.1) is 12.1 Å². The van der Waals surface area contributed by atoms with Gasteiger partial charge in [-0.25, -0.2) is 0 Å². The molecule has 0 aliphatic heterocycles. The standard InChI is InChI=1S/C12H13N3O2/c1-8-6-11(13)15(14-8)12(17)7-9-2-4-10(16)5-3-9/h2-6,16H,7,13H2,1H3. The molecule has 1 aromatic heterocycles. The Morgan fingerprint density at radius 1 is 1.41 bits per heavy atom. The Balaban J connectivity index is 2.17. The van der Waals surface area contributed by atoms with Crippen molar-refractivity contribution in [2.45, 2.75) is 13.3 Å². The van der Waals surface area contributed by atoms with Crippen molar-refractivity contribution in [1.29, 1.82) is 0 Å². The quantitative estimate of drug-likeness (QED) is 0.817. The highest BCUT2D eigenvalue weighted by Gasteiger charge is 2.11. The van der Waals surface area contributed by atoms with Gasteiger partial charge in [-0.1, -0.05) is 12.1 Å². The van der Waals surface area contributed by atoms with Crippen LogP contribution in [0.4, 0.5) is 5.82 Å². The first-order chi connectivity index (χ1) is 8.06. The van der Waals surface area contributed by atoms with E-state index in [0.29, 0.717) is 11.5 Å². The first kappa shape index (κ1) is 11.2. The van der Waals surface area contributed by atoms with Gasteiger partial charge in [0.25, 0.3) is 5.91 Å². The number of hydrogen-bond donors (Lipinski definition) is 2. The number of phenols is 1. The fourth-order valence-electron chi connectivity index (χ4n) is 1.58. The van der Waals surface area contributed by atoms with E-state index in [4.69, 9.17) is 10.8 Å². The van der Waals surface area contributed by atoms with Crippen LogP contribution >= 0.6 is 0 Å². The van der Waals surface area contributed by atoms with Gasteiger partial charge in [0.15, 0.2) is 0 Å². The Morgan fingerprint density at radius 3 is 2.59 bits per heavy atom. The average Bonchev–Trinajstić information content (AvgIpc) is 2.61. The zero-order chi connectivity index (χ0) is 12.4. The van der Waals surface area contributed by atoms with E-state index >= 15 is 0 Å². The molecule has 1 aromatic carbocycles. The second kappa shape index (κ2) is 4.29. The molecular formula is C12H13N3O2. The number of aromatic nitrogens is 2. The molecule has 0 saturated carbocycles. The minimum Gasteiger partial charge on any atom is -0.508 e. The lowest BCUT2D eigenvalue weighted by Crippen LogP contribution is -2.17. The summed E-state index contributed by atoms with van der Waals surface area (Å²) in [4.78, 5) is 11.9. The summed E-state index contributed by atoms with van der Waals surface area (Å²) in [5.41, 5.74) is 7.18. The molecule has 0 aliphatic carbocycles. The van der Waals surface area contributed by atoms with Gasteiger partial charge >= 0.3 is 0 Å². The van der Waals surface area contributed by atoms with Crippen LogP contribution in [0.25, 0.3) is 0 Å². The number of nitrogens with two attached hydrogens (primary N) is 1. The summed E-state index contributed by atoms with van der Waals surface area (Å²) in [5.74, 6) is 0.322. The molecule has 88 valence electrons. The third kappa shape index (κ3) is 2.44. The average molecular weight is 231 g/mol. The van der Waals surface area contributed by atoms with Gasteiger partial charge in [-0.15, -0.1) is 0 Å². The fourth-order valence-corrected chi connectivity index (χ4v) is 1.58. The largest absolute Gasteiger partial charge is 0.508 e. The van der Waals surface area contributed by atoms with E-state index in [1.807, 2.05) is 0 Å². The minimum absolute atomic E-state index is 0.177. The van der Waals surface area contributed by atoms with Gasteiger partial charge in [-0.05, 0) is 24.6 Å². The van der Waals surface area contributed by atoms with Crippen LogP contribution in [0.3, 0.4) is 0 Å². The van der Waals surface area contributed by atoms with Crippen LogP contribution in [0.2, 0.25) is 0 Å². The molecule has 2 rings (SSSR count). The van der Waals surface area contributed by atoms with E-state index in [2.05, 4.69) is 5.10 Å². The molecule has 17 heavy (non-hydrogen) atoms. The zero-order valence-corrected chi connectivity index (χ0v) is 9.42. The molecule has 0 radical (unpaired) electrons. The van der Waals surface area contributed by atoms with E-state index in [1.54, 1.807) is 37.3 Å². The van der Waals surface area contributed by atoms with Gasteiger partial charge in [0.2, 0.25) is 0 Å². The lowest BCUT2D eigenvalue weighted by atomic mass is 10.1. The van der Waals surface area contributed by atoms with Crippen LogP contribution in [-0.2, 0) is 6.42 Å². The van der Waals surface area contributed by atoms with Crippen molar-refractivity contribution in [1.82, 2.24) is 9.78 Å². The number of nitrogens with zero attached hydrogens (tertiary/aromatic N) is 2. The molecular weight excluding hydrogens is 218 g/mol. The highest BCUT2D eigenvalue weighted by Crippen LogP contribution is 2.12. The number of anilines is 1. The summed E-state index contributed by atoms with van der Waals surface area (Å²) in [5, 5.41) is 13.1. The molecule has 0 bridgehead atoms. The van der Waals surface area contributed by atoms with Crippen LogP contribution in [0.15, 0.2) is 30.3 Å². The molecule has 0 amide bonds. The molecule has 0 saturated heterocycles. The van der Waals surface area contributed by atoms with Gasteiger partial charge in [-0.3, -0.25) is 4.79 Å². The topological polar surface area (TPSA) is 81.1 Å². The third-order valence-corrected chi connectivity index (χ3v) is 2.39. The minimum atomic E-state index is -0.193. The molecule has 5 heteroatoms. The van der Waals surface area contributed by atoms with Crippen molar-refractivity contribution in [3.8, 4) is 5.75 Å². The van der Waals surface area contributed by atoms with Crippen LogP contribution in [-0.4, -0.2) is 20.8 Å². The van der Waals surface area contributed by atoms with E-state index in [0.717, 1.165) is 5.56 Å². The highest BCUT2D eigenvalue weighted by molar-refractivity contribution is 5.83. The predicted molar refractivity (Wildman–Crippen MR) is 63.8 cm³/mol. The van der Waals surface area contributed by atoms with Crippen LogP contribution in [0, 0.1) is 6.92 Å². The van der Waals surface area contributed by atoms with Crippen LogP contribution < -0.4 is 5.73 Å². The first-order valence-electron chi connectivity index (χ1n) is 5.19. The van der Waals surface area contributed by atoms with E-state index in [9.17, 15) is 4.79 Å². The number of aromatic hydroxyl groups is 1. The van der Waals surface area contributed by atoms with Crippen LogP contribution in [0.1, 0.15) is 16.1 Å². The molecule has 0 fully saturated rings. The Bertz CT molecular complexity index is 543. The third-order valence-electron chi connectivity index (χ3n) is 2.39. The molecule has 0 aliphatic rings. The Labute approximate surface area is 98.5 Å². The van der Waals surface area contributed by atoms with E-state index in [-0.39, 0.29) is 18.1 Å². The number of hydrogen-bond acceptors (Lipinski definition) is 4. The van der Waals surface area contributed by atoms with Gasteiger partial charge in [-0.2, -0.15) is 9.78 Å². The number of nitrogen functional groups attached to an aromatic ring is 1. The van der Waals surface area contributed by atoms with Crippen molar-refractivity contribution in [2.75, 3.05) is 5.73 Å². The molecule has 0 spiro atoms. The van der Waals surface area contributed by atoms with Gasteiger partial charge < -0.3 is 10.8 Å². The van der Waals surface area contributed by atoms with Crippen molar-refractivity contribution in [3.05, 3.63) is 41.6 Å². The molecule has 1 heterocycles. The van der Waals surface area contributed by atoms with Crippen molar-refractivity contribution in [2.24, 2.45) is 0 Å². The highest BCUT2D eigenvalue weighted by atomic mass is 16.3. The molecule has 0 atom stereocenters. The molecule has 3 N–H and O–H groups in total. The van der Waals surface area contributed by atoms with E-state index < -0.39 is 0 Å². The smallest absolute Gasteiger partial charge is 0.253 e. The first-order valence-corrected chi connectivity index (χ1v) is 5.19. The number of aryl methyl sites for hydroxylation is 1. The Morgan fingerprint density at radius 2 is 2.06 bits per heavy atom. The maximum absolute atomic E-state index is 11.9. The maximum Gasteiger partial charge on any atom is 0.253 e.